The molecule has 210 valence electrons. The summed E-state index contributed by atoms with van der Waals surface area (Å²) in [6.45, 7) is 8.74. The van der Waals surface area contributed by atoms with Crippen molar-refractivity contribution >= 4 is 33.8 Å². The summed E-state index contributed by atoms with van der Waals surface area (Å²) in [5.41, 5.74) is 2.18. The molecule has 1 aromatic carbocycles. The van der Waals surface area contributed by atoms with Gasteiger partial charge in [-0.15, -0.1) is 0 Å². The summed E-state index contributed by atoms with van der Waals surface area (Å²) in [5, 5.41) is 2.58. The van der Waals surface area contributed by atoms with Crippen LogP contribution >= 0.6 is 15.9 Å². The third-order valence-corrected chi connectivity index (χ3v) is 6.43. The Morgan fingerprint density at radius 3 is 2.39 bits per heavy atom. The smallest absolute Gasteiger partial charge is 0.325 e. The molecule has 9 nitrogen and oxygen atoms in total. The quantitative estimate of drug-likeness (QED) is 0.217. The van der Waals surface area contributed by atoms with E-state index in [1.165, 1.54) is 4.90 Å². The first-order valence-electron chi connectivity index (χ1n) is 13.3. The van der Waals surface area contributed by atoms with Gasteiger partial charge in [0.25, 0.3) is 0 Å². The maximum absolute atomic E-state index is 13.5. The van der Waals surface area contributed by atoms with Crippen LogP contribution in [0.2, 0.25) is 0 Å². The predicted molar refractivity (Wildman–Crippen MR) is 151 cm³/mol. The number of nitrogens with one attached hydrogen (secondary N) is 1. The van der Waals surface area contributed by atoms with E-state index in [4.69, 9.17) is 9.47 Å². The molecular formula is C28H41BrN4O5. The van der Waals surface area contributed by atoms with Gasteiger partial charge in [0, 0.05) is 49.2 Å². The average Bonchev–Trinajstić information content (AvgIpc) is 3.34. The molecular weight excluding hydrogens is 552 g/mol. The highest BCUT2D eigenvalue weighted by Crippen LogP contribution is 2.15. The molecule has 2 aromatic rings. The number of carbonyl (C=O) groups excluding carboxylic acids is 3. The molecule has 0 radical (unpaired) electrons. The highest BCUT2D eigenvalue weighted by Gasteiger charge is 2.22. The van der Waals surface area contributed by atoms with E-state index in [0.717, 1.165) is 28.6 Å². The molecule has 2 rings (SSSR count). The van der Waals surface area contributed by atoms with Crippen molar-refractivity contribution in [1.82, 2.24) is 19.7 Å². The van der Waals surface area contributed by atoms with Gasteiger partial charge < -0.3 is 29.2 Å². The van der Waals surface area contributed by atoms with Gasteiger partial charge in [-0.1, -0.05) is 41.4 Å². The molecule has 0 saturated carbocycles. The Hall–Kier alpha value is -2.85. The van der Waals surface area contributed by atoms with Crippen LogP contribution in [0.15, 0.2) is 47.1 Å². The van der Waals surface area contributed by atoms with Gasteiger partial charge in [-0.2, -0.15) is 0 Å². The molecule has 10 heteroatoms. The van der Waals surface area contributed by atoms with Crippen molar-refractivity contribution in [2.45, 2.75) is 53.1 Å². The lowest BCUT2D eigenvalue weighted by molar-refractivity contribution is -0.141. The lowest BCUT2D eigenvalue weighted by atomic mass is 10.2. The third-order valence-electron chi connectivity index (χ3n) is 5.90. The van der Waals surface area contributed by atoms with Crippen molar-refractivity contribution in [2.24, 2.45) is 0 Å². The molecule has 0 aliphatic heterocycles. The van der Waals surface area contributed by atoms with E-state index >= 15 is 0 Å². The SMILES string of the molecule is CCCCN(Cc1cccn1Cc1ccc(Br)cc1)C(=O)CN(CCCOCC)C(=O)NCC(=O)OCC. The largest absolute Gasteiger partial charge is 0.465 e. The third kappa shape index (κ3) is 11.3. The number of carbonyl (C=O) groups is 3. The Morgan fingerprint density at radius 2 is 1.71 bits per heavy atom. The first-order chi connectivity index (χ1) is 18.4. The maximum Gasteiger partial charge on any atom is 0.325 e. The van der Waals surface area contributed by atoms with Crippen LogP contribution < -0.4 is 5.32 Å². The lowest BCUT2D eigenvalue weighted by Crippen LogP contribution is -2.48. The molecule has 1 aromatic heterocycles. The fourth-order valence-corrected chi connectivity index (χ4v) is 4.12. The van der Waals surface area contributed by atoms with E-state index in [9.17, 15) is 14.4 Å². The summed E-state index contributed by atoms with van der Waals surface area (Å²) in [4.78, 5) is 41.3. The molecule has 0 aliphatic carbocycles. The van der Waals surface area contributed by atoms with Crippen molar-refractivity contribution in [3.05, 3.63) is 58.3 Å². The van der Waals surface area contributed by atoms with Crippen LogP contribution in [-0.4, -0.2) is 78.3 Å². The summed E-state index contributed by atoms with van der Waals surface area (Å²) in [7, 11) is 0. The van der Waals surface area contributed by atoms with Gasteiger partial charge in [0.1, 0.15) is 13.1 Å². The molecule has 0 bridgehead atoms. The molecule has 0 atom stereocenters. The number of nitrogens with zero attached hydrogens (tertiary/aromatic N) is 3. The number of hydrogen-bond acceptors (Lipinski definition) is 5. The number of esters is 1. The number of ether oxygens (including phenoxy) is 2. The number of hydrogen-bond donors (Lipinski definition) is 1. The second-order valence-corrected chi connectivity index (χ2v) is 9.77. The van der Waals surface area contributed by atoms with Crippen molar-refractivity contribution in [3.63, 3.8) is 0 Å². The van der Waals surface area contributed by atoms with Crippen molar-refractivity contribution < 1.29 is 23.9 Å². The minimum Gasteiger partial charge on any atom is -0.465 e. The molecule has 0 aliphatic rings. The van der Waals surface area contributed by atoms with Crippen molar-refractivity contribution in [3.8, 4) is 0 Å². The first kappa shape index (κ1) is 31.4. The minimum atomic E-state index is -0.516. The van der Waals surface area contributed by atoms with Crippen LogP contribution in [0.1, 0.15) is 51.3 Å². The number of amides is 3. The van der Waals surface area contributed by atoms with Gasteiger partial charge in [-0.05, 0) is 56.5 Å². The van der Waals surface area contributed by atoms with Crippen LogP contribution in [0.5, 0.6) is 0 Å². The molecule has 0 saturated heterocycles. The molecule has 3 amide bonds. The average molecular weight is 594 g/mol. The Balaban J connectivity index is 2.11. The van der Waals surface area contributed by atoms with Crippen LogP contribution in [0.4, 0.5) is 4.79 Å². The van der Waals surface area contributed by atoms with Gasteiger partial charge in [0.05, 0.1) is 13.2 Å². The number of benzene rings is 1. The second-order valence-electron chi connectivity index (χ2n) is 8.86. The Bertz CT molecular complexity index is 995. The molecule has 1 heterocycles. The van der Waals surface area contributed by atoms with Gasteiger partial charge in [-0.25, -0.2) is 4.79 Å². The van der Waals surface area contributed by atoms with Crippen LogP contribution in [0.3, 0.4) is 0 Å². The summed E-state index contributed by atoms with van der Waals surface area (Å²) in [6, 6.07) is 11.7. The highest BCUT2D eigenvalue weighted by atomic mass is 79.9. The normalized spacial score (nSPS) is 10.7. The molecule has 0 unspecified atom stereocenters. The maximum atomic E-state index is 13.5. The number of urea groups is 1. The molecule has 0 fully saturated rings. The van der Waals surface area contributed by atoms with E-state index < -0.39 is 12.0 Å². The molecule has 38 heavy (non-hydrogen) atoms. The van der Waals surface area contributed by atoms with Gasteiger partial charge >= 0.3 is 12.0 Å². The Morgan fingerprint density at radius 1 is 0.974 bits per heavy atom. The fraction of sp³-hybridized carbons (Fsp3) is 0.536. The number of aromatic nitrogens is 1. The fourth-order valence-electron chi connectivity index (χ4n) is 3.86. The zero-order valence-electron chi connectivity index (χ0n) is 22.8. The Labute approximate surface area is 234 Å². The zero-order chi connectivity index (χ0) is 27.8. The Kier molecular flexibility index (Phi) is 14.5. The topological polar surface area (TPSA) is 93.1 Å². The van der Waals surface area contributed by atoms with E-state index in [1.807, 2.05) is 42.3 Å². The second kappa shape index (κ2) is 17.6. The summed E-state index contributed by atoms with van der Waals surface area (Å²) in [6.07, 6.45) is 4.40. The molecule has 1 N–H and O–H groups in total. The van der Waals surface area contributed by atoms with E-state index in [1.54, 1.807) is 6.92 Å². The van der Waals surface area contributed by atoms with Gasteiger partial charge in [0.2, 0.25) is 5.91 Å². The first-order valence-corrected chi connectivity index (χ1v) is 14.1. The number of rotatable bonds is 17. The van der Waals surface area contributed by atoms with Crippen LogP contribution in [0.25, 0.3) is 0 Å². The van der Waals surface area contributed by atoms with E-state index in [2.05, 4.69) is 44.9 Å². The highest BCUT2D eigenvalue weighted by molar-refractivity contribution is 9.10. The zero-order valence-corrected chi connectivity index (χ0v) is 24.4. The van der Waals surface area contributed by atoms with Gasteiger partial charge in [0.15, 0.2) is 0 Å². The van der Waals surface area contributed by atoms with E-state index in [0.29, 0.717) is 45.8 Å². The number of unbranched alkanes of at least 4 members (excludes halogenated alkanes) is 1. The number of halogens is 1. The lowest BCUT2D eigenvalue weighted by Gasteiger charge is -2.28. The van der Waals surface area contributed by atoms with Crippen LogP contribution in [-0.2, 0) is 32.2 Å². The predicted octanol–water partition coefficient (Wildman–Crippen LogP) is 4.43. The summed E-state index contributed by atoms with van der Waals surface area (Å²) >= 11 is 3.47. The summed E-state index contributed by atoms with van der Waals surface area (Å²) in [5.74, 6) is -0.657. The van der Waals surface area contributed by atoms with Crippen molar-refractivity contribution in [2.75, 3.05) is 46.0 Å². The monoisotopic (exact) mass is 592 g/mol. The van der Waals surface area contributed by atoms with Crippen LogP contribution in [0, 0.1) is 0 Å². The standard InChI is InChI=1S/C28H41BrN4O5/c1-4-7-15-32(21-25-10-8-16-31(25)20-23-11-13-24(29)14-12-23)26(34)22-33(17-9-18-37-5-2)28(36)30-19-27(35)38-6-3/h8,10-14,16H,4-7,9,15,17-22H2,1-3H3,(H,30,36). The van der Waals surface area contributed by atoms with Crippen molar-refractivity contribution in [1.29, 1.82) is 0 Å². The van der Waals surface area contributed by atoms with E-state index in [-0.39, 0.29) is 25.6 Å². The molecule has 0 spiro atoms. The minimum absolute atomic E-state index is 0.0854. The van der Waals surface area contributed by atoms with Gasteiger partial charge in [-0.3, -0.25) is 9.59 Å². The summed E-state index contributed by atoms with van der Waals surface area (Å²) < 4.78 is 13.5.